The molecule has 1 heterocycles. The molecule has 0 aliphatic rings. The van der Waals surface area contributed by atoms with Crippen LogP contribution in [0.2, 0.25) is 0 Å². The van der Waals surface area contributed by atoms with Crippen LogP contribution in [0, 0.1) is 0 Å². The van der Waals surface area contributed by atoms with Crippen molar-refractivity contribution in [2.75, 3.05) is 0 Å². The third kappa shape index (κ3) is 3.91. The van der Waals surface area contributed by atoms with Gasteiger partial charge in [0.1, 0.15) is 0 Å². The van der Waals surface area contributed by atoms with Crippen molar-refractivity contribution in [2.24, 2.45) is 14.1 Å². The molecular weight excluding hydrogens is 244 g/mol. The van der Waals surface area contributed by atoms with Crippen LogP contribution >= 0.6 is 0 Å². The molecule has 0 N–H and O–H groups in total. The molecule has 1 rings (SSSR count). The summed E-state index contributed by atoms with van der Waals surface area (Å²) in [6.45, 7) is 2.14. The third-order valence-electron chi connectivity index (χ3n) is 3.25. The van der Waals surface area contributed by atoms with Crippen molar-refractivity contribution in [3.8, 4) is 0 Å². The Morgan fingerprint density at radius 3 is 2.37 bits per heavy atom. The zero-order valence-corrected chi connectivity index (χ0v) is 11.9. The van der Waals surface area contributed by atoms with Gasteiger partial charge in [-0.3, -0.25) is 14.2 Å². The lowest BCUT2D eigenvalue weighted by atomic mass is 10.1. The maximum atomic E-state index is 12.0. The number of unbranched alkanes of at least 4 members (excludes halogenated alkanes) is 4. The topological polar surface area (TPSA) is 61.1 Å². The minimum atomic E-state index is -0.498. The number of carbonyl (C=O) groups excluding carboxylic acids is 1. The van der Waals surface area contributed by atoms with Gasteiger partial charge in [-0.2, -0.15) is 0 Å². The molecule has 5 heteroatoms. The number of aromatic nitrogens is 2. The Bertz CT molecular complexity index is 555. The Hall–Kier alpha value is -1.65. The molecule has 0 aromatic carbocycles. The summed E-state index contributed by atoms with van der Waals surface area (Å²) in [6.07, 6.45) is 6.98. The fourth-order valence-electron chi connectivity index (χ4n) is 2.02. The molecule has 19 heavy (non-hydrogen) atoms. The van der Waals surface area contributed by atoms with Crippen LogP contribution in [0.3, 0.4) is 0 Å². The highest BCUT2D eigenvalue weighted by atomic mass is 16.2. The molecule has 0 amide bonds. The fraction of sp³-hybridized carbons (Fsp3) is 0.643. The van der Waals surface area contributed by atoms with Gasteiger partial charge in [0.15, 0.2) is 5.78 Å². The van der Waals surface area contributed by atoms with E-state index in [2.05, 4.69) is 6.92 Å². The minimum Gasteiger partial charge on any atom is -0.303 e. The van der Waals surface area contributed by atoms with Crippen LogP contribution in [0.1, 0.15) is 55.8 Å². The van der Waals surface area contributed by atoms with E-state index in [1.807, 2.05) is 0 Å². The molecule has 0 aliphatic carbocycles. The van der Waals surface area contributed by atoms with Gasteiger partial charge in [0, 0.05) is 26.7 Å². The van der Waals surface area contributed by atoms with E-state index in [-0.39, 0.29) is 11.3 Å². The summed E-state index contributed by atoms with van der Waals surface area (Å²) in [5, 5.41) is 0. The number of Topliss-reactive ketones (excluding diaryl/α,β-unsaturated/α-hetero) is 1. The van der Waals surface area contributed by atoms with E-state index >= 15 is 0 Å². The Morgan fingerprint density at radius 2 is 1.74 bits per heavy atom. The molecule has 0 radical (unpaired) electrons. The lowest BCUT2D eigenvalue weighted by Crippen LogP contribution is -2.39. The van der Waals surface area contributed by atoms with Crippen molar-refractivity contribution in [2.45, 2.75) is 45.4 Å². The van der Waals surface area contributed by atoms with Crippen LogP contribution in [-0.4, -0.2) is 14.9 Å². The fourth-order valence-corrected chi connectivity index (χ4v) is 2.02. The number of ketones is 1. The van der Waals surface area contributed by atoms with Crippen molar-refractivity contribution in [1.29, 1.82) is 0 Å². The quantitative estimate of drug-likeness (QED) is 0.556. The summed E-state index contributed by atoms with van der Waals surface area (Å²) in [4.78, 5) is 35.3. The van der Waals surface area contributed by atoms with Gasteiger partial charge in [0.2, 0.25) is 0 Å². The molecule has 0 spiro atoms. The van der Waals surface area contributed by atoms with Gasteiger partial charge >= 0.3 is 5.69 Å². The van der Waals surface area contributed by atoms with E-state index in [0.29, 0.717) is 6.42 Å². The molecule has 0 unspecified atom stereocenters. The van der Waals surface area contributed by atoms with Crippen molar-refractivity contribution >= 4 is 5.78 Å². The van der Waals surface area contributed by atoms with E-state index < -0.39 is 11.2 Å². The van der Waals surface area contributed by atoms with E-state index in [0.717, 1.165) is 30.3 Å². The van der Waals surface area contributed by atoms with Crippen LogP contribution in [-0.2, 0) is 14.1 Å². The summed E-state index contributed by atoms with van der Waals surface area (Å²) in [5.74, 6) is -0.173. The average Bonchev–Trinajstić information content (AvgIpc) is 2.40. The number of hydrogen-bond acceptors (Lipinski definition) is 3. The lowest BCUT2D eigenvalue weighted by Gasteiger charge is -2.06. The van der Waals surface area contributed by atoms with E-state index in [9.17, 15) is 14.4 Å². The molecule has 1 aromatic rings. The van der Waals surface area contributed by atoms with Crippen molar-refractivity contribution in [3.63, 3.8) is 0 Å². The predicted molar refractivity (Wildman–Crippen MR) is 74.6 cm³/mol. The van der Waals surface area contributed by atoms with Crippen molar-refractivity contribution in [1.82, 2.24) is 9.13 Å². The van der Waals surface area contributed by atoms with Gasteiger partial charge in [0.25, 0.3) is 5.56 Å². The average molecular weight is 266 g/mol. The summed E-state index contributed by atoms with van der Waals surface area (Å²) in [6, 6.07) is 0. The summed E-state index contributed by atoms with van der Waals surface area (Å²) < 4.78 is 2.25. The monoisotopic (exact) mass is 266 g/mol. The van der Waals surface area contributed by atoms with Gasteiger partial charge in [-0.05, 0) is 6.42 Å². The Morgan fingerprint density at radius 1 is 1.11 bits per heavy atom. The van der Waals surface area contributed by atoms with Gasteiger partial charge in [0.05, 0.1) is 5.56 Å². The Labute approximate surface area is 112 Å². The first-order chi connectivity index (χ1) is 8.99. The number of rotatable bonds is 7. The molecule has 106 valence electrons. The van der Waals surface area contributed by atoms with Gasteiger partial charge < -0.3 is 4.57 Å². The molecule has 0 aliphatic heterocycles. The Balaban J connectivity index is 2.73. The number of aryl methyl sites for hydroxylation is 1. The van der Waals surface area contributed by atoms with Crippen molar-refractivity contribution in [3.05, 3.63) is 32.6 Å². The minimum absolute atomic E-state index is 0.111. The highest BCUT2D eigenvalue weighted by Gasteiger charge is 2.13. The number of carbonyl (C=O) groups is 1. The largest absolute Gasteiger partial charge is 0.330 e. The SMILES string of the molecule is CCCCCCCC(=O)c1cn(C)c(=O)n(C)c1=O. The normalized spacial score (nSPS) is 10.7. The van der Waals surface area contributed by atoms with Crippen LogP contribution in [0.5, 0.6) is 0 Å². The lowest BCUT2D eigenvalue weighted by molar-refractivity contribution is 0.0976. The molecule has 5 nitrogen and oxygen atoms in total. The molecule has 0 saturated carbocycles. The summed E-state index contributed by atoms with van der Waals surface area (Å²) in [5.41, 5.74) is -0.800. The standard InChI is InChI=1S/C14H22N2O3/c1-4-5-6-7-8-9-12(17)11-10-15(2)14(19)16(3)13(11)18/h10H,4-9H2,1-3H3. The van der Waals surface area contributed by atoms with Gasteiger partial charge in [-0.1, -0.05) is 32.6 Å². The van der Waals surface area contributed by atoms with Crippen LogP contribution in [0.15, 0.2) is 15.8 Å². The number of nitrogens with zero attached hydrogens (tertiary/aromatic N) is 2. The first-order valence-electron chi connectivity index (χ1n) is 6.79. The number of hydrogen-bond donors (Lipinski definition) is 0. The van der Waals surface area contributed by atoms with Gasteiger partial charge in [-0.15, -0.1) is 0 Å². The maximum absolute atomic E-state index is 12.0. The molecule has 0 saturated heterocycles. The molecule has 1 aromatic heterocycles. The van der Waals surface area contributed by atoms with Gasteiger partial charge in [-0.25, -0.2) is 4.79 Å². The van der Waals surface area contributed by atoms with Crippen molar-refractivity contribution < 1.29 is 4.79 Å². The zero-order valence-electron chi connectivity index (χ0n) is 11.9. The highest BCUT2D eigenvalue weighted by molar-refractivity contribution is 5.95. The maximum Gasteiger partial charge on any atom is 0.330 e. The smallest absolute Gasteiger partial charge is 0.303 e. The van der Waals surface area contributed by atoms with E-state index in [4.69, 9.17) is 0 Å². The van der Waals surface area contributed by atoms with E-state index in [1.54, 1.807) is 7.05 Å². The van der Waals surface area contributed by atoms with Crippen LogP contribution < -0.4 is 11.2 Å². The second kappa shape index (κ2) is 7.07. The third-order valence-corrected chi connectivity index (χ3v) is 3.25. The van der Waals surface area contributed by atoms with Crippen LogP contribution in [0.25, 0.3) is 0 Å². The Kier molecular flexibility index (Phi) is 5.73. The first kappa shape index (κ1) is 15.4. The van der Waals surface area contributed by atoms with E-state index in [1.165, 1.54) is 24.2 Å². The van der Waals surface area contributed by atoms with Crippen LogP contribution in [0.4, 0.5) is 0 Å². The molecule has 0 fully saturated rings. The second-order valence-corrected chi connectivity index (χ2v) is 4.89. The predicted octanol–water partition coefficient (Wildman–Crippen LogP) is 1.63. The summed E-state index contributed by atoms with van der Waals surface area (Å²) >= 11 is 0. The molecule has 0 bridgehead atoms. The highest BCUT2D eigenvalue weighted by Crippen LogP contribution is 2.07. The second-order valence-electron chi connectivity index (χ2n) is 4.89. The summed E-state index contributed by atoms with van der Waals surface area (Å²) in [7, 11) is 2.93. The molecular formula is C14H22N2O3. The zero-order chi connectivity index (χ0) is 14.4. The molecule has 0 atom stereocenters. The first-order valence-corrected chi connectivity index (χ1v) is 6.79.